The van der Waals surface area contributed by atoms with Crippen LogP contribution in [0.2, 0.25) is 0 Å². The zero-order valence-corrected chi connectivity index (χ0v) is 24.6. The zero-order valence-electron chi connectivity index (χ0n) is 24.6. The summed E-state index contributed by atoms with van der Waals surface area (Å²) in [4.78, 5) is 16.7. The monoisotopic (exact) mass is 521 g/mol. The van der Waals surface area contributed by atoms with Crippen LogP contribution >= 0.6 is 0 Å². The third-order valence-electron chi connectivity index (χ3n) is 9.30. The van der Waals surface area contributed by atoms with Crippen molar-refractivity contribution in [1.82, 2.24) is 4.90 Å². The van der Waals surface area contributed by atoms with Crippen molar-refractivity contribution in [2.45, 2.75) is 85.7 Å². The van der Waals surface area contributed by atoms with Crippen LogP contribution in [-0.4, -0.2) is 24.0 Å². The normalized spacial score (nSPS) is 18.7. The molecule has 0 spiro atoms. The minimum atomic E-state index is 0.199. The Labute approximate surface area is 234 Å². The quantitative estimate of drug-likeness (QED) is 0.311. The van der Waals surface area contributed by atoms with Crippen LogP contribution in [-0.2, 0) is 17.8 Å². The highest BCUT2D eigenvalue weighted by atomic mass is 16.5. The molecule has 0 aliphatic heterocycles. The van der Waals surface area contributed by atoms with E-state index in [1.54, 1.807) is 7.11 Å². The summed E-state index contributed by atoms with van der Waals surface area (Å²) in [6, 6.07) is 19.7. The Morgan fingerprint density at radius 1 is 0.872 bits per heavy atom. The third kappa shape index (κ3) is 5.41. The topological polar surface area (TPSA) is 29.5 Å². The lowest BCUT2D eigenvalue weighted by atomic mass is 9.83. The number of carbonyl (C=O) groups excluding carboxylic acids is 1. The molecule has 1 fully saturated rings. The fraction of sp³-hybridized carbons (Fsp3) is 0.417. The Bertz CT molecular complexity index is 1390. The molecular weight excluding hydrogens is 478 g/mol. The van der Waals surface area contributed by atoms with E-state index in [2.05, 4.69) is 94.1 Å². The van der Waals surface area contributed by atoms with Crippen LogP contribution in [0.1, 0.15) is 79.3 Å². The predicted octanol–water partition coefficient (Wildman–Crippen LogP) is 8.61. The lowest BCUT2D eigenvalue weighted by Crippen LogP contribution is -2.42. The molecule has 1 amide bonds. The Hall–Kier alpha value is -3.33. The Kier molecular flexibility index (Phi) is 7.98. The Morgan fingerprint density at radius 3 is 2.18 bits per heavy atom. The highest BCUT2D eigenvalue weighted by Crippen LogP contribution is 2.40. The summed E-state index contributed by atoms with van der Waals surface area (Å²) in [5.74, 6) is 1.82. The van der Waals surface area contributed by atoms with Crippen LogP contribution < -0.4 is 4.74 Å². The first kappa shape index (κ1) is 27.2. The van der Waals surface area contributed by atoms with E-state index >= 15 is 0 Å². The number of hydrogen-bond donors (Lipinski definition) is 0. The van der Waals surface area contributed by atoms with Gasteiger partial charge in [0, 0.05) is 30.1 Å². The lowest BCUT2D eigenvalue weighted by molar-refractivity contribution is -0.131. The van der Waals surface area contributed by atoms with Gasteiger partial charge in [0.1, 0.15) is 5.75 Å². The molecule has 0 radical (unpaired) electrons. The molecule has 3 aromatic rings. The molecule has 3 aromatic carbocycles. The average Bonchev–Trinajstić information content (AvgIpc) is 3.32. The van der Waals surface area contributed by atoms with Crippen molar-refractivity contribution in [1.29, 1.82) is 0 Å². The van der Waals surface area contributed by atoms with Crippen molar-refractivity contribution in [3.8, 4) is 16.9 Å². The SMILES string of the molecule is CCC1CCC(N(Cc2cc(-c3ccc(C)cc3)ccc2OC)C(=O)C2=C(C)c3c(C)ccc(C)c3C2)CC1. The van der Waals surface area contributed by atoms with Crippen LogP contribution in [0, 0.1) is 26.7 Å². The summed E-state index contributed by atoms with van der Waals surface area (Å²) >= 11 is 0. The van der Waals surface area contributed by atoms with Crippen LogP contribution in [0.5, 0.6) is 5.75 Å². The van der Waals surface area contributed by atoms with Gasteiger partial charge >= 0.3 is 0 Å². The fourth-order valence-corrected chi connectivity index (χ4v) is 6.73. The standard InChI is InChI=1S/C36H43NO2/c1-7-27-12-17-31(18-13-27)37(36(38)33-21-32-24(3)10-11-25(4)35(32)26(33)5)22-30-20-29(16-19-34(30)39-6)28-14-8-23(2)9-15-28/h8-11,14-16,19-20,27,31H,7,12-13,17-18,21-22H2,1-6H3. The van der Waals surface area contributed by atoms with Crippen molar-refractivity contribution in [2.75, 3.05) is 7.11 Å². The molecule has 0 bridgehead atoms. The Morgan fingerprint density at radius 2 is 1.54 bits per heavy atom. The van der Waals surface area contributed by atoms with Crippen molar-refractivity contribution in [2.24, 2.45) is 5.92 Å². The van der Waals surface area contributed by atoms with E-state index in [0.717, 1.165) is 53.2 Å². The van der Waals surface area contributed by atoms with Crippen LogP contribution in [0.15, 0.2) is 60.2 Å². The summed E-state index contributed by atoms with van der Waals surface area (Å²) in [6.45, 7) is 11.5. The molecule has 2 aliphatic rings. The maximum absolute atomic E-state index is 14.5. The van der Waals surface area contributed by atoms with Gasteiger partial charge in [-0.2, -0.15) is 0 Å². The van der Waals surface area contributed by atoms with Gasteiger partial charge < -0.3 is 9.64 Å². The molecular formula is C36H43NO2. The van der Waals surface area contributed by atoms with Gasteiger partial charge in [0.15, 0.2) is 0 Å². The molecule has 0 atom stereocenters. The lowest BCUT2D eigenvalue weighted by Gasteiger charge is -2.37. The predicted molar refractivity (Wildman–Crippen MR) is 162 cm³/mol. The number of ether oxygens (including phenoxy) is 1. The maximum atomic E-state index is 14.5. The van der Waals surface area contributed by atoms with Gasteiger partial charge in [-0.3, -0.25) is 4.79 Å². The zero-order chi connectivity index (χ0) is 27.7. The molecule has 0 N–H and O–H groups in total. The number of fused-ring (bicyclic) bond motifs is 1. The van der Waals surface area contributed by atoms with E-state index < -0.39 is 0 Å². The van der Waals surface area contributed by atoms with Crippen LogP contribution in [0.4, 0.5) is 0 Å². The number of amides is 1. The molecule has 204 valence electrons. The molecule has 3 nitrogen and oxygen atoms in total. The maximum Gasteiger partial charge on any atom is 0.250 e. The van der Waals surface area contributed by atoms with Gasteiger partial charge in [-0.15, -0.1) is 0 Å². The Balaban J connectivity index is 1.52. The van der Waals surface area contributed by atoms with E-state index in [1.807, 2.05) is 0 Å². The molecule has 2 aliphatic carbocycles. The summed E-state index contributed by atoms with van der Waals surface area (Å²) in [6.07, 6.45) is 6.49. The van der Waals surface area contributed by atoms with E-state index in [0.29, 0.717) is 6.54 Å². The molecule has 3 heteroatoms. The minimum absolute atomic E-state index is 0.199. The molecule has 5 rings (SSSR count). The van der Waals surface area contributed by atoms with E-state index in [1.165, 1.54) is 52.6 Å². The first-order chi connectivity index (χ1) is 18.8. The van der Waals surface area contributed by atoms with Gasteiger partial charge in [-0.05, 0) is 110 Å². The number of aryl methyl sites for hydroxylation is 3. The summed E-state index contributed by atoms with van der Waals surface area (Å²) in [7, 11) is 1.73. The second-order valence-electron chi connectivity index (χ2n) is 11.7. The number of allylic oxidation sites excluding steroid dienone is 1. The van der Waals surface area contributed by atoms with Crippen molar-refractivity contribution < 1.29 is 9.53 Å². The smallest absolute Gasteiger partial charge is 0.250 e. The highest BCUT2D eigenvalue weighted by molar-refractivity contribution is 6.04. The number of carbonyl (C=O) groups is 1. The second-order valence-corrected chi connectivity index (χ2v) is 11.7. The van der Waals surface area contributed by atoms with Gasteiger partial charge in [0.05, 0.1) is 7.11 Å². The van der Waals surface area contributed by atoms with Gasteiger partial charge in [-0.25, -0.2) is 0 Å². The van der Waals surface area contributed by atoms with Crippen molar-refractivity contribution in [3.05, 3.63) is 93.6 Å². The summed E-state index contributed by atoms with van der Waals surface area (Å²) in [5, 5.41) is 0. The minimum Gasteiger partial charge on any atom is -0.496 e. The van der Waals surface area contributed by atoms with E-state index in [9.17, 15) is 4.79 Å². The number of methoxy groups -OCH3 is 1. The summed E-state index contributed by atoms with van der Waals surface area (Å²) in [5.41, 5.74) is 11.9. The van der Waals surface area contributed by atoms with Crippen molar-refractivity contribution in [3.63, 3.8) is 0 Å². The largest absolute Gasteiger partial charge is 0.496 e. The van der Waals surface area contributed by atoms with Crippen molar-refractivity contribution >= 4 is 11.5 Å². The number of benzene rings is 3. The fourth-order valence-electron chi connectivity index (χ4n) is 6.73. The van der Waals surface area contributed by atoms with Gasteiger partial charge in [-0.1, -0.05) is 61.4 Å². The number of nitrogens with zero attached hydrogens (tertiary/aromatic N) is 1. The molecule has 0 saturated heterocycles. The van der Waals surface area contributed by atoms with Gasteiger partial charge in [0.25, 0.3) is 5.91 Å². The van der Waals surface area contributed by atoms with Crippen LogP contribution in [0.25, 0.3) is 16.7 Å². The molecule has 0 aromatic heterocycles. The van der Waals surface area contributed by atoms with Crippen LogP contribution in [0.3, 0.4) is 0 Å². The summed E-state index contributed by atoms with van der Waals surface area (Å²) < 4.78 is 5.84. The molecule has 0 heterocycles. The number of rotatable bonds is 7. The second kappa shape index (κ2) is 11.4. The molecule has 39 heavy (non-hydrogen) atoms. The number of hydrogen-bond acceptors (Lipinski definition) is 2. The van der Waals surface area contributed by atoms with Gasteiger partial charge in [0.2, 0.25) is 0 Å². The average molecular weight is 522 g/mol. The molecule has 1 saturated carbocycles. The highest BCUT2D eigenvalue weighted by Gasteiger charge is 2.34. The third-order valence-corrected chi connectivity index (χ3v) is 9.30. The van der Waals surface area contributed by atoms with E-state index in [-0.39, 0.29) is 11.9 Å². The van der Waals surface area contributed by atoms with E-state index in [4.69, 9.17) is 4.74 Å². The first-order valence-corrected chi connectivity index (χ1v) is 14.6. The molecule has 0 unspecified atom stereocenters. The first-order valence-electron chi connectivity index (χ1n) is 14.6.